The largest absolute Gasteiger partial charge is 0.274 e. The minimum absolute atomic E-state index is 0.232. The fourth-order valence-electron chi connectivity index (χ4n) is 3.80. The maximum absolute atomic E-state index is 13.4. The SMILES string of the molecule is CC(=O)N1C(=O)C2(CC(c3ccccc3)=NN2C(C)=O)c2ccccc21. The highest BCUT2D eigenvalue weighted by Gasteiger charge is 2.60. The third-order valence-electron chi connectivity index (χ3n) is 4.87. The molecule has 0 N–H and O–H groups in total. The Kier molecular flexibility index (Phi) is 3.50. The van der Waals surface area contributed by atoms with Gasteiger partial charge in [0.05, 0.1) is 11.4 Å². The van der Waals surface area contributed by atoms with Crippen molar-refractivity contribution in [2.45, 2.75) is 25.8 Å². The number of carbonyl (C=O) groups excluding carboxylic acids is 3. The van der Waals surface area contributed by atoms with Gasteiger partial charge in [-0.25, -0.2) is 9.91 Å². The number of para-hydroxylation sites is 1. The molecule has 0 fully saturated rings. The van der Waals surface area contributed by atoms with Crippen molar-refractivity contribution in [3.8, 4) is 0 Å². The Morgan fingerprint density at radius 3 is 2.27 bits per heavy atom. The van der Waals surface area contributed by atoms with E-state index >= 15 is 0 Å². The predicted molar refractivity (Wildman–Crippen MR) is 96.4 cm³/mol. The lowest BCUT2D eigenvalue weighted by Crippen LogP contribution is -2.51. The molecular weight excluding hydrogens is 330 g/mol. The van der Waals surface area contributed by atoms with E-state index in [1.165, 1.54) is 18.9 Å². The topological polar surface area (TPSA) is 70.1 Å². The minimum Gasteiger partial charge on any atom is -0.274 e. The first-order valence-corrected chi connectivity index (χ1v) is 8.35. The summed E-state index contributed by atoms with van der Waals surface area (Å²) in [4.78, 5) is 39.0. The number of anilines is 1. The highest BCUT2D eigenvalue weighted by atomic mass is 16.2. The number of amides is 3. The van der Waals surface area contributed by atoms with Crippen molar-refractivity contribution in [2.75, 3.05) is 4.90 Å². The molecule has 2 aliphatic heterocycles. The molecule has 0 radical (unpaired) electrons. The number of benzene rings is 2. The molecule has 0 saturated carbocycles. The van der Waals surface area contributed by atoms with Crippen molar-refractivity contribution in [2.24, 2.45) is 5.10 Å². The highest BCUT2D eigenvalue weighted by Crippen LogP contribution is 2.49. The fourth-order valence-corrected chi connectivity index (χ4v) is 3.80. The second-order valence-corrected chi connectivity index (χ2v) is 6.46. The van der Waals surface area contributed by atoms with E-state index in [4.69, 9.17) is 0 Å². The Balaban J connectivity index is 1.92. The summed E-state index contributed by atoms with van der Waals surface area (Å²) in [6.45, 7) is 2.73. The van der Waals surface area contributed by atoms with Crippen LogP contribution in [0.5, 0.6) is 0 Å². The van der Waals surface area contributed by atoms with Crippen LogP contribution in [0.2, 0.25) is 0 Å². The van der Waals surface area contributed by atoms with Gasteiger partial charge in [-0.05, 0) is 11.6 Å². The van der Waals surface area contributed by atoms with E-state index in [1.807, 2.05) is 30.3 Å². The molecule has 1 atom stereocenters. The van der Waals surface area contributed by atoms with Gasteiger partial charge in [0.25, 0.3) is 5.91 Å². The van der Waals surface area contributed by atoms with E-state index in [1.54, 1.807) is 24.3 Å². The summed E-state index contributed by atoms with van der Waals surface area (Å²) in [6, 6.07) is 16.5. The average Bonchev–Trinajstić information content (AvgIpc) is 3.15. The van der Waals surface area contributed by atoms with Gasteiger partial charge in [-0.1, -0.05) is 48.5 Å². The van der Waals surface area contributed by atoms with E-state index < -0.39 is 11.4 Å². The minimum atomic E-state index is -1.31. The Bertz CT molecular complexity index is 967. The lowest BCUT2D eigenvalue weighted by atomic mass is 9.85. The molecule has 4 rings (SSSR count). The summed E-state index contributed by atoms with van der Waals surface area (Å²) in [7, 11) is 0. The number of hydrazone groups is 1. The zero-order valence-electron chi connectivity index (χ0n) is 14.5. The summed E-state index contributed by atoms with van der Waals surface area (Å²) < 4.78 is 0. The van der Waals surface area contributed by atoms with Crippen LogP contribution in [-0.2, 0) is 19.9 Å². The average molecular weight is 347 g/mol. The molecule has 2 aromatic rings. The normalized spacial score (nSPS) is 21.2. The second-order valence-electron chi connectivity index (χ2n) is 6.46. The van der Waals surface area contributed by atoms with Crippen LogP contribution in [0.3, 0.4) is 0 Å². The van der Waals surface area contributed by atoms with Crippen molar-refractivity contribution in [3.63, 3.8) is 0 Å². The standard InChI is InChI=1S/C20H17N3O3/c1-13(24)22-18-11-7-6-10-16(18)20(19(22)26)12-17(21-23(20)14(2)25)15-8-4-3-5-9-15/h3-11H,12H2,1-2H3. The van der Waals surface area contributed by atoms with Crippen LogP contribution in [0.15, 0.2) is 59.7 Å². The maximum atomic E-state index is 13.4. The molecule has 6 heteroatoms. The number of nitrogens with zero attached hydrogens (tertiary/aromatic N) is 3. The summed E-state index contributed by atoms with van der Waals surface area (Å²) in [6.07, 6.45) is 0.232. The molecule has 0 aliphatic carbocycles. The number of hydrogen-bond acceptors (Lipinski definition) is 4. The molecule has 0 saturated heterocycles. The smallest absolute Gasteiger partial charge is 0.266 e. The molecule has 6 nitrogen and oxygen atoms in total. The molecule has 0 aromatic heterocycles. The summed E-state index contributed by atoms with van der Waals surface area (Å²) in [5.74, 6) is -1.16. The molecule has 2 aliphatic rings. The van der Waals surface area contributed by atoms with Crippen LogP contribution in [0.1, 0.15) is 31.4 Å². The van der Waals surface area contributed by atoms with Crippen LogP contribution in [0.25, 0.3) is 0 Å². The van der Waals surface area contributed by atoms with Gasteiger partial charge in [-0.15, -0.1) is 0 Å². The molecule has 2 aromatic carbocycles. The van der Waals surface area contributed by atoms with Crippen LogP contribution in [-0.4, -0.2) is 28.4 Å². The monoisotopic (exact) mass is 347 g/mol. The summed E-state index contributed by atoms with van der Waals surface area (Å²) >= 11 is 0. The van der Waals surface area contributed by atoms with Gasteiger partial charge in [0, 0.05) is 25.8 Å². The van der Waals surface area contributed by atoms with Crippen molar-refractivity contribution < 1.29 is 14.4 Å². The molecule has 1 spiro atoms. The Morgan fingerprint density at radius 2 is 1.62 bits per heavy atom. The Morgan fingerprint density at radius 1 is 0.962 bits per heavy atom. The van der Waals surface area contributed by atoms with E-state index in [9.17, 15) is 14.4 Å². The van der Waals surface area contributed by atoms with Crippen LogP contribution in [0, 0.1) is 0 Å². The highest BCUT2D eigenvalue weighted by molar-refractivity contribution is 6.25. The van der Waals surface area contributed by atoms with E-state index in [0.29, 0.717) is 17.0 Å². The van der Waals surface area contributed by atoms with Gasteiger partial charge in [0.2, 0.25) is 11.8 Å². The molecule has 1 unspecified atom stereocenters. The molecular formula is C20H17N3O3. The quantitative estimate of drug-likeness (QED) is 0.795. The van der Waals surface area contributed by atoms with E-state index in [0.717, 1.165) is 10.5 Å². The number of hydrogen-bond donors (Lipinski definition) is 0. The summed E-state index contributed by atoms with van der Waals surface area (Å²) in [5.41, 5.74) is 1.33. The molecule has 0 bridgehead atoms. The zero-order valence-corrected chi connectivity index (χ0v) is 14.5. The number of carbonyl (C=O) groups is 3. The fraction of sp³-hybridized carbons (Fsp3) is 0.200. The van der Waals surface area contributed by atoms with Crippen molar-refractivity contribution in [1.82, 2.24) is 5.01 Å². The summed E-state index contributed by atoms with van der Waals surface area (Å²) in [5, 5.41) is 5.71. The van der Waals surface area contributed by atoms with Crippen LogP contribution < -0.4 is 4.90 Å². The van der Waals surface area contributed by atoms with Gasteiger partial charge < -0.3 is 0 Å². The Hall–Kier alpha value is -3.28. The molecule has 3 amide bonds. The molecule has 130 valence electrons. The Labute approximate surface area is 150 Å². The first kappa shape index (κ1) is 16.2. The van der Waals surface area contributed by atoms with Crippen molar-refractivity contribution >= 4 is 29.1 Å². The lowest BCUT2D eigenvalue weighted by molar-refractivity contribution is -0.144. The number of imide groups is 1. The number of rotatable bonds is 1. The predicted octanol–water partition coefficient (Wildman–Crippen LogP) is 2.43. The zero-order chi connectivity index (χ0) is 18.5. The first-order chi connectivity index (χ1) is 12.5. The van der Waals surface area contributed by atoms with Gasteiger partial charge in [0.1, 0.15) is 0 Å². The maximum Gasteiger partial charge on any atom is 0.266 e. The lowest BCUT2D eigenvalue weighted by Gasteiger charge is -2.30. The van der Waals surface area contributed by atoms with Crippen LogP contribution >= 0.6 is 0 Å². The first-order valence-electron chi connectivity index (χ1n) is 8.35. The second kappa shape index (κ2) is 5.62. The van der Waals surface area contributed by atoms with Crippen LogP contribution in [0.4, 0.5) is 5.69 Å². The van der Waals surface area contributed by atoms with Gasteiger partial charge in [-0.3, -0.25) is 14.4 Å². The molecule has 26 heavy (non-hydrogen) atoms. The van der Waals surface area contributed by atoms with Gasteiger partial charge in [-0.2, -0.15) is 5.10 Å². The van der Waals surface area contributed by atoms with Crippen molar-refractivity contribution in [1.29, 1.82) is 0 Å². The van der Waals surface area contributed by atoms with Crippen molar-refractivity contribution in [3.05, 3.63) is 65.7 Å². The van der Waals surface area contributed by atoms with E-state index in [2.05, 4.69) is 5.10 Å². The van der Waals surface area contributed by atoms with Gasteiger partial charge in [0.15, 0.2) is 5.54 Å². The molecule has 2 heterocycles. The van der Waals surface area contributed by atoms with Gasteiger partial charge >= 0.3 is 0 Å². The number of fused-ring (bicyclic) bond motifs is 2. The third kappa shape index (κ3) is 2.05. The van der Waals surface area contributed by atoms with E-state index in [-0.39, 0.29) is 18.2 Å². The third-order valence-corrected chi connectivity index (χ3v) is 4.87.